The van der Waals surface area contributed by atoms with E-state index in [-0.39, 0.29) is 30.5 Å². The van der Waals surface area contributed by atoms with Gasteiger partial charge in [0.05, 0.1) is 21.9 Å². The van der Waals surface area contributed by atoms with E-state index in [4.69, 9.17) is 5.73 Å². The van der Waals surface area contributed by atoms with E-state index in [9.17, 15) is 13.2 Å². The van der Waals surface area contributed by atoms with Crippen LogP contribution in [-0.2, 0) is 9.84 Å². The average Bonchev–Trinajstić information content (AvgIpc) is 2.76. The Morgan fingerprint density at radius 3 is 2.70 bits per heavy atom. The third-order valence-electron chi connectivity index (χ3n) is 3.36. The zero-order valence-electron chi connectivity index (χ0n) is 10.6. The maximum Gasteiger partial charge on any atom is 0.266 e. The number of fused-ring (bicyclic) bond motifs is 1. The van der Waals surface area contributed by atoms with Gasteiger partial charge in [-0.05, 0) is 6.07 Å². The minimum absolute atomic E-state index is 0.0189. The number of nitrogen functional groups attached to an aromatic ring is 1. The molecular formula is C12H13N3O3S2. The summed E-state index contributed by atoms with van der Waals surface area (Å²) < 4.78 is 23.6. The van der Waals surface area contributed by atoms with E-state index in [2.05, 4.69) is 4.98 Å². The molecule has 0 unspecified atom stereocenters. The molecule has 2 aromatic rings. The van der Waals surface area contributed by atoms with Gasteiger partial charge in [-0.15, -0.1) is 11.3 Å². The van der Waals surface area contributed by atoms with Gasteiger partial charge in [-0.1, -0.05) is 0 Å². The van der Waals surface area contributed by atoms with Crippen molar-refractivity contribution in [2.45, 2.75) is 0 Å². The monoisotopic (exact) mass is 311 g/mol. The number of rotatable bonds is 1. The van der Waals surface area contributed by atoms with Crippen molar-refractivity contribution in [1.29, 1.82) is 0 Å². The summed E-state index contributed by atoms with van der Waals surface area (Å²) in [5.41, 5.74) is 6.47. The molecule has 1 aliphatic heterocycles. The highest BCUT2D eigenvalue weighted by atomic mass is 32.2. The predicted molar refractivity (Wildman–Crippen MR) is 78.6 cm³/mol. The SMILES string of the molecule is Nc1c(C(=O)N2CCS(=O)(=O)CC2)sc2cnccc12. The Balaban J connectivity index is 1.91. The molecule has 20 heavy (non-hydrogen) atoms. The van der Waals surface area contributed by atoms with Gasteiger partial charge >= 0.3 is 0 Å². The molecule has 3 rings (SSSR count). The van der Waals surface area contributed by atoms with E-state index in [1.807, 2.05) is 0 Å². The van der Waals surface area contributed by atoms with E-state index >= 15 is 0 Å². The number of aromatic nitrogens is 1. The number of thiophene rings is 1. The molecule has 6 nitrogen and oxygen atoms in total. The van der Waals surface area contributed by atoms with E-state index in [1.54, 1.807) is 23.4 Å². The average molecular weight is 311 g/mol. The fourth-order valence-corrected chi connectivity index (χ4v) is 4.45. The molecule has 0 aliphatic carbocycles. The fourth-order valence-electron chi connectivity index (χ4n) is 2.19. The topological polar surface area (TPSA) is 93.4 Å². The molecular weight excluding hydrogens is 298 g/mol. The first-order valence-electron chi connectivity index (χ1n) is 6.09. The Morgan fingerprint density at radius 1 is 1.35 bits per heavy atom. The van der Waals surface area contributed by atoms with Gasteiger partial charge < -0.3 is 10.6 Å². The van der Waals surface area contributed by atoms with Crippen molar-refractivity contribution in [3.8, 4) is 0 Å². The number of anilines is 1. The van der Waals surface area contributed by atoms with Gasteiger partial charge in [-0.3, -0.25) is 9.78 Å². The molecule has 0 atom stereocenters. The first-order chi connectivity index (χ1) is 9.48. The van der Waals surface area contributed by atoms with E-state index in [1.165, 1.54) is 11.3 Å². The van der Waals surface area contributed by atoms with Gasteiger partial charge in [0, 0.05) is 30.9 Å². The number of sulfone groups is 1. The minimum Gasteiger partial charge on any atom is -0.397 e. The summed E-state index contributed by atoms with van der Waals surface area (Å²) in [6.45, 7) is 0.459. The summed E-state index contributed by atoms with van der Waals surface area (Å²) in [6, 6.07) is 1.78. The van der Waals surface area contributed by atoms with Crippen molar-refractivity contribution in [2.24, 2.45) is 0 Å². The zero-order chi connectivity index (χ0) is 14.3. The maximum atomic E-state index is 12.4. The molecule has 8 heteroatoms. The smallest absolute Gasteiger partial charge is 0.266 e. The van der Waals surface area contributed by atoms with Crippen LogP contribution in [0.1, 0.15) is 9.67 Å². The van der Waals surface area contributed by atoms with Crippen LogP contribution in [0.2, 0.25) is 0 Å². The van der Waals surface area contributed by atoms with Crippen LogP contribution in [0.25, 0.3) is 10.1 Å². The van der Waals surface area contributed by atoms with Gasteiger partial charge in [0.25, 0.3) is 5.91 Å². The molecule has 1 amide bonds. The van der Waals surface area contributed by atoms with E-state index in [0.29, 0.717) is 10.6 Å². The van der Waals surface area contributed by atoms with Crippen LogP contribution in [0.3, 0.4) is 0 Å². The highest BCUT2D eigenvalue weighted by Gasteiger charge is 2.28. The molecule has 1 fully saturated rings. The van der Waals surface area contributed by atoms with Crippen molar-refractivity contribution in [2.75, 3.05) is 30.3 Å². The molecule has 2 N–H and O–H groups in total. The van der Waals surface area contributed by atoms with Crippen molar-refractivity contribution < 1.29 is 13.2 Å². The summed E-state index contributed by atoms with van der Waals surface area (Å²) in [4.78, 5) is 18.5. The Bertz CT molecular complexity index is 768. The quantitative estimate of drug-likeness (QED) is 0.839. The summed E-state index contributed by atoms with van der Waals surface area (Å²) >= 11 is 1.30. The van der Waals surface area contributed by atoms with Crippen molar-refractivity contribution >= 4 is 42.9 Å². The molecule has 0 aromatic carbocycles. The molecule has 0 bridgehead atoms. The summed E-state index contributed by atoms with van der Waals surface area (Å²) in [5.74, 6) is -0.158. The molecule has 0 saturated carbocycles. The Morgan fingerprint density at radius 2 is 2.05 bits per heavy atom. The predicted octanol–water partition coefficient (Wildman–Crippen LogP) is 0.749. The number of carbonyl (C=O) groups excluding carboxylic acids is 1. The summed E-state index contributed by atoms with van der Waals surface area (Å²) in [7, 11) is -3.00. The lowest BCUT2D eigenvalue weighted by atomic mass is 10.2. The second-order valence-electron chi connectivity index (χ2n) is 4.66. The van der Waals surface area contributed by atoms with E-state index < -0.39 is 9.84 Å². The number of nitrogens with zero attached hydrogens (tertiary/aromatic N) is 2. The molecule has 2 aromatic heterocycles. The van der Waals surface area contributed by atoms with Gasteiger partial charge in [0.1, 0.15) is 4.88 Å². The van der Waals surface area contributed by atoms with Crippen LogP contribution in [-0.4, -0.2) is 48.8 Å². The van der Waals surface area contributed by atoms with Gasteiger partial charge in [0.15, 0.2) is 9.84 Å². The van der Waals surface area contributed by atoms with Crippen LogP contribution in [0.5, 0.6) is 0 Å². The third kappa shape index (κ3) is 2.25. The van der Waals surface area contributed by atoms with Crippen LogP contribution < -0.4 is 5.73 Å². The molecule has 0 radical (unpaired) electrons. The Labute approximate surface area is 120 Å². The second-order valence-corrected chi connectivity index (χ2v) is 8.02. The number of nitrogens with two attached hydrogens (primary N) is 1. The first-order valence-corrected chi connectivity index (χ1v) is 8.73. The lowest BCUT2D eigenvalue weighted by Gasteiger charge is -2.26. The normalized spacial score (nSPS) is 18.3. The van der Waals surface area contributed by atoms with Gasteiger partial charge in [0.2, 0.25) is 0 Å². The summed E-state index contributed by atoms with van der Waals surface area (Å²) in [6.07, 6.45) is 3.31. The Hall–Kier alpha value is -1.67. The highest BCUT2D eigenvalue weighted by Crippen LogP contribution is 2.33. The van der Waals surface area contributed by atoms with Crippen molar-refractivity contribution in [1.82, 2.24) is 9.88 Å². The van der Waals surface area contributed by atoms with Crippen molar-refractivity contribution in [3.05, 3.63) is 23.3 Å². The zero-order valence-corrected chi connectivity index (χ0v) is 12.2. The lowest BCUT2D eigenvalue weighted by Crippen LogP contribution is -2.43. The number of carbonyl (C=O) groups is 1. The van der Waals surface area contributed by atoms with Gasteiger partial charge in [-0.25, -0.2) is 8.42 Å². The van der Waals surface area contributed by atoms with Crippen LogP contribution >= 0.6 is 11.3 Å². The Kier molecular flexibility index (Phi) is 3.14. The maximum absolute atomic E-state index is 12.4. The van der Waals surface area contributed by atoms with Crippen molar-refractivity contribution in [3.63, 3.8) is 0 Å². The minimum atomic E-state index is -3.00. The number of amides is 1. The van der Waals surface area contributed by atoms with Crippen LogP contribution in [0, 0.1) is 0 Å². The molecule has 106 valence electrons. The number of hydrogen-bond donors (Lipinski definition) is 1. The number of pyridine rings is 1. The molecule has 1 saturated heterocycles. The molecule has 3 heterocycles. The third-order valence-corrected chi connectivity index (χ3v) is 6.11. The molecule has 0 spiro atoms. The van der Waals surface area contributed by atoms with Crippen LogP contribution in [0.4, 0.5) is 5.69 Å². The second kappa shape index (κ2) is 4.71. The fraction of sp³-hybridized carbons (Fsp3) is 0.333. The lowest BCUT2D eigenvalue weighted by molar-refractivity contribution is 0.0776. The highest BCUT2D eigenvalue weighted by molar-refractivity contribution is 7.91. The largest absolute Gasteiger partial charge is 0.397 e. The van der Waals surface area contributed by atoms with Gasteiger partial charge in [-0.2, -0.15) is 0 Å². The van der Waals surface area contributed by atoms with Crippen LogP contribution in [0.15, 0.2) is 18.5 Å². The number of hydrogen-bond acceptors (Lipinski definition) is 6. The van der Waals surface area contributed by atoms with E-state index in [0.717, 1.165) is 10.1 Å². The standard InChI is InChI=1S/C12H13N3O3S2/c13-10-8-1-2-14-7-9(8)19-11(10)12(16)15-3-5-20(17,18)6-4-15/h1-2,7H,3-6,13H2. The summed E-state index contributed by atoms with van der Waals surface area (Å²) in [5, 5.41) is 0.818. The first kappa shape index (κ1) is 13.3. The molecule has 1 aliphatic rings.